The van der Waals surface area contributed by atoms with Crippen molar-refractivity contribution in [3.05, 3.63) is 12.7 Å². The first-order valence-corrected chi connectivity index (χ1v) is 12.1. The summed E-state index contributed by atoms with van der Waals surface area (Å²) in [5.41, 5.74) is 0. The molecule has 0 aromatic carbocycles. The van der Waals surface area contributed by atoms with Crippen LogP contribution >= 0.6 is 0 Å². The topological polar surface area (TPSA) is 66.4 Å². The van der Waals surface area contributed by atoms with Crippen LogP contribution in [0.15, 0.2) is 12.7 Å². The molecule has 1 heterocycles. The predicted octanol–water partition coefficient (Wildman–Crippen LogP) is 3.45. The molecule has 0 aliphatic carbocycles. The van der Waals surface area contributed by atoms with Crippen molar-refractivity contribution in [1.29, 1.82) is 0 Å². The summed E-state index contributed by atoms with van der Waals surface area (Å²) in [7, 11) is 1.10. The molecule has 154 valence electrons. The van der Waals surface area contributed by atoms with E-state index in [2.05, 4.69) is 40.4 Å². The monoisotopic (exact) mass is 390 g/mol. The van der Waals surface area contributed by atoms with E-state index in [1.54, 1.807) is 27.0 Å². The molecule has 0 saturated carbocycles. The largest absolute Gasteiger partial charge is 0.414 e. The second-order valence-corrected chi connectivity index (χ2v) is 13.5. The Morgan fingerprint density at radius 2 is 1.65 bits per heavy atom. The third-order valence-corrected chi connectivity index (χ3v) is 10.4. The number of hydrogen-bond acceptors (Lipinski definition) is 6. The highest BCUT2D eigenvalue weighted by Gasteiger charge is 2.58. The summed E-state index contributed by atoms with van der Waals surface area (Å²) in [4.78, 5) is 0. The highest BCUT2D eigenvalue weighted by molar-refractivity contribution is 6.74. The van der Waals surface area contributed by atoms with E-state index in [9.17, 15) is 5.11 Å². The van der Waals surface area contributed by atoms with Crippen LogP contribution in [0.3, 0.4) is 0 Å². The van der Waals surface area contributed by atoms with Gasteiger partial charge in [0.2, 0.25) is 11.6 Å². The van der Waals surface area contributed by atoms with Crippen molar-refractivity contribution in [2.45, 2.75) is 89.1 Å². The van der Waals surface area contributed by atoms with Crippen LogP contribution in [0.1, 0.15) is 41.0 Å². The number of ether oxygens (including phenoxy) is 4. The van der Waals surface area contributed by atoms with E-state index < -0.39 is 38.2 Å². The summed E-state index contributed by atoms with van der Waals surface area (Å²) >= 11 is 0. The fourth-order valence-electron chi connectivity index (χ4n) is 2.64. The lowest BCUT2D eigenvalue weighted by Crippen LogP contribution is -2.68. The van der Waals surface area contributed by atoms with Crippen LogP contribution in [-0.2, 0) is 23.4 Å². The van der Waals surface area contributed by atoms with E-state index in [4.69, 9.17) is 23.4 Å². The molecular formula is C19H38O6Si. The van der Waals surface area contributed by atoms with Crippen molar-refractivity contribution in [1.82, 2.24) is 0 Å². The van der Waals surface area contributed by atoms with E-state index in [1.807, 2.05) is 0 Å². The van der Waals surface area contributed by atoms with E-state index in [0.717, 1.165) is 0 Å². The van der Waals surface area contributed by atoms with Crippen LogP contribution in [0.2, 0.25) is 18.1 Å². The van der Waals surface area contributed by atoms with Crippen LogP contribution in [-0.4, -0.2) is 64.1 Å². The highest BCUT2D eigenvalue weighted by Crippen LogP contribution is 2.42. The Labute approximate surface area is 159 Å². The highest BCUT2D eigenvalue weighted by atomic mass is 28.4. The third kappa shape index (κ3) is 4.76. The molecule has 5 atom stereocenters. The molecule has 0 radical (unpaired) electrons. The molecule has 1 saturated heterocycles. The molecule has 1 fully saturated rings. The van der Waals surface area contributed by atoms with Crippen molar-refractivity contribution in [3.63, 3.8) is 0 Å². The average molecular weight is 391 g/mol. The fourth-order valence-corrected chi connectivity index (χ4v) is 3.65. The summed E-state index contributed by atoms with van der Waals surface area (Å²) in [6, 6.07) is 0. The van der Waals surface area contributed by atoms with Crippen molar-refractivity contribution in [2.24, 2.45) is 0 Å². The maximum absolute atomic E-state index is 10.6. The van der Waals surface area contributed by atoms with Crippen molar-refractivity contribution >= 4 is 8.32 Å². The third-order valence-electron chi connectivity index (χ3n) is 5.91. The van der Waals surface area contributed by atoms with E-state index in [0.29, 0.717) is 13.0 Å². The predicted molar refractivity (Wildman–Crippen MR) is 105 cm³/mol. The van der Waals surface area contributed by atoms with Gasteiger partial charge in [-0.15, -0.1) is 6.58 Å². The van der Waals surface area contributed by atoms with Gasteiger partial charge in [-0.2, -0.15) is 0 Å². The van der Waals surface area contributed by atoms with Gasteiger partial charge in [0.1, 0.15) is 12.2 Å². The number of hydrogen-bond donors (Lipinski definition) is 1. The maximum atomic E-state index is 10.6. The molecule has 1 aliphatic rings. The maximum Gasteiger partial charge on any atom is 0.220 e. The Bertz CT molecular complexity index is 477. The summed E-state index contributed by atoms with van der Waals surface area (Å²) in [5, 5.41) is 10.7. The van der Waals surface area contributed by atoms with Crippen LogP contribution < -0.4 is 0 Å². The number of aliphatic hydroxyl groups excluding tert-OH is 1. The zero-order chi connectivity index (χ0) is 20.4. The van der Waals surface area contributed by atoms with E-state index >= 15 is 0 Å². The molecule has 7 heteroatoms. The average Bonchev–Trinajstić information content (AvgIpc) is 2.54. The van der Waals surface area contributed by atoms with E-state index in [1.165, 1.54) is 7.11 Å². The molecule has 26 heavy (non-hydrogen) atoms. The minimum absolute atomic E-state index is 0.0728. The Morgan fingerprint density at radius 3 is 2.08 bits per heavy atom. The van der Waals surface area contributed by atoms with Crippen LogP contribution in [0, 0.1) is 0 Å². The Morgan fingerprint density at radius 1 is 1.15 bits per heavy atom. The molecule has 6 nitrogen and oxygen atoms in total. The second kappa shape index (κ2) is 8.39. The molecule has 0 bridgehead atoms. The standard InChI is InChI=1S/C19H38O6Si/c1-11-12-14(20)16-15(13-23-26(9,10)17(2,3)4)24-18(5,21-7)19(6,22-8)25-16/h11,14-16,20H,1,12-13H2,2-10H3/t14-,15-,16+,18+,19+/m0/s1. The molecule has 0 spiro atoms. The summed E-state index contributed by atoms with van der Waals surface area (Å²) in [5.74, 6) is -2.30. The molecule has 1 rings (SSSR count). The lowest BCUT2D eigenvalue weighted by molar-refractivity contribution is -0.455. The minimum Gasteiger partial charge on any atom is -0.414 e. The lowest BCUT2D eigenvalue weighted by Gasteiger charge is -2.53. The summed E-state index contributed by atoms with van der Waals surface area (Å²) in [6.45, 7) is 18.4. The number of methoxy groups -OCH3 is 2. The zero-order valence-corrected chi connectivity index (χ0v) is 18.9. The van der Waals surface area contributed by atoms with Gasteiger partial charge in [0.05, 0.1) is 12.7 Å². The normalized spacial score (nSPS) is 34.5. The SMILES string of the molecule is C=CC[C@H](O)[C@H]1O[C@@](C)(OC)[C@](C)(OC)O[C@H]1CO[Si](C)(C)C(C)(C)C. The number of rotatable bonds is 8. The van der Waals surface area contributed by atoms with Crippen molar-refractivity contribution in [2.75, 3.05) is 20.8 Å². The molecule has 0 aromatic rings. The minimum atomic E-state index is -1.98. The Hall–Kier alpha value is -0.283. The molecule has 1 aliphatic heterocycles. The van der Waals surface area contributed by atoms with Crippen molar-refractivity contribution < 1.29 is 28.5 Å². The van der Waals surface area contributed by atoms with Gasteiger partial charge in [-0.1, -0.05) is 26.8 Å². The number of aliphatic hydroxyl groups is 1. The van der Waals surface area contributed by atoms with Crippen LogP contribution in [0.5, 0.6) is 0 Å². The first-order chi connectivity index (χ1) is 11.8. The van der Waals surface area contributed by atoms with Gasteiger partial charge in [-0.3, -0.25) is 0 Å². The van der Waals surface area contributed by atoms with E-state index in [-0.39, 0.29) is 5.04 Å². The van der Waals surface area contributed by atoms with Crippen LogP contribution in [0.4, 0.5) is 0 Å². The molecule has 1 N–H and O–H groups in total. The van der Waals surface area contributed by atoms with Gasteiger partial charge in [-0.05, 0) is 38.4 Å². The lowest BCUT2D eigenvalue weighted by atomic mass is 9.99. The Balaban J connectivity index is 3.09. The molecular weight excluding hydrogens is 352 g/mol. The van der Waals surface area contributed by atoms with Gasteiger partial charge in [0.25, 0.3) is 0 Å². The fraction of sp³-hybridized carbons (Fsp3) is 0.895. The van der Waals surface area contributed by atoms with Crippen molar-refractivity contribution in [3.8, 4) is 0 Å². The first kappa shape index (κ1) is 23.8. The van der Waals surface area contributed by atoms with Gasteiger partial charge in [0, 0.05) is 14.2 Å². The second-order valence-electron chi connectivity index (χ2n) is 8.70. The van der Waals surface area contributed by atoms with Gasteiger partial charge >= 0.3 is 0 Å². The molecule has 0 unspecified atom stereocenters. The van der Waals surface area contributed by atoms with Gasteiger partial charge < -0.3 is 28.5 Å². The summed E-state index contributed by atoms with van der Waals surface area (Å²) < 4.78 is 29.9. The first-order valence-electron chi connectivity index (χ1n) is 9.16. The quantitative estimate of drug-likeness (QED) is 0.506. The Kier molecular flexibility index (Phi) is 7.66. The van der Waals surface area contributed by atoms with Gasteiger partial charge in [0.15, 0.2) is 8.32 Å². The molecule has 0 amide bonds. The molecule has 0 aromatic heterocycles. The smallest absolute Gasteiger partial charge is 0.220 e. The summed E-state index contributed by atoms with van der Waals surface area (Å²) in [6.07, 6.45) is 0.150. The van der Waals surface area contributed by atoms with Gasteiger partial charge in [-0.25, -0.2) is 0 Å². The zero-order valence-electron chi connectivity index (χ0n) is 17.9. The van der Waals surface area contributed by atoms with Crippen LogP contribution in [0.25, 0.3) is 0 Å².